The summed E-state index contributed by atoms with van der Waals surface area (Å²) in [6, 6.07) is 6.89. The molecule has 0 unspecified atom stereocenters. The van der Waals surface area contributed by atoms with Gasteiger partial charge < -0.3 is 10.0 Å². The van der Waals surface area contributed by atoms with Crippen LogP contribution < -0.4 is 0 Å². The highest BCUT2D eigenvalue weighted by Gasteiger charge is 2.26. The first-order valence-electron chi connectivity index (χ1n) is 5.24. The number of carbonyl (C=O) groups is 1. The highest BCUT2D eigenvalue weighted by atomic mass is 16.3. The largest absolute Gasteiger partial charge is 0.508 e. The maximum Gasteiger partial charge on any atom is 0.253 e. The van der Waals surface area contributed by atoms with Crippen LogP contribution in [0.25, 0.3) is 0 Å². The summed E-state index contributed by atoms with van der Waals surface area (Å²) in [6.45, 7) is 0. The van der Waals surface area contributed by atoms with Crippen LogP contribution in [0.3, 0.4) is 0 Å². The predicted octanol–water partition coefficient (Wildman–Crippen LogP) is 2.02. The van der Waals surface area contributed by atoms with Gasteiger partial charge >= 0.3 is 0 Å². The van der Waals surface area contributed by atoms with Gasteiger partial charge in [-0.2, -0.15) is 0 Å². The average Bonchev–Trinajstić information content (AvgIpc) is 2.14. The number of hydrogen-bond donors (Lipinski definition) is 1. The van der Waals surface area contributed by atoms with Crippen LogP contribution in [0.4, 0.5) is 0 Å². The van der Waals surface area contributed by atoms with Crippen LogP contribution in [-0.4, -0.2) is 29.0 Å². The van der Waals surface area contributed by atoms with E-state index in [2.05, 4.69) is 0 Å². The lowest BCUT2D eigenvalue weighted by Gasteiger charge is -2.34. The van der Waals surface area contributed by atoms with E-state index in [0.29, 0.717) is 11.6 Å². The maximum atomic E-state index is 11.9. The molecule has 3 nitrogen and oxygen atoms in total. The third-order valence-corrected chi connectivity index (χ3v) is 3.04. The van der Waals surface area contributed by atoms with Gasteiger partial charge in [-0.3, -0.25) is 4.79 Å². The molecule has 0 saturated heterocycles. The topological polar surface area (TPSA) is 40.5 Å². The fraction of sp³-hybridized carbons (Fsp3) is 0.417. The number of rotatable bonds is 2. The second-order valence-corrected chi connectivity index (χ2v) is 4.05. The number of aromatic hydroxyl groups is 1. The number of amides is 1. The van der Waals surface area contributed by atoms with E-state index in [1.807, 2.05) is 7.05 Å². The summed E-state index contributed by atoms with van der Waals surface area (Å²) >= 11 is 0. The van der Waals surface area contributed by atoms with E-state index in [1.54, 1.807) is 23.1 Å². The summed E-state index contributed by atoms with van der Waals surface area (Å²) in [7, 11) is 1.83. The van der Waals surface area contributed by atoms with E-state index in [0.717, 1.165) is 12.8 Å². The van der Waals surface area contributed by atoms with Gasteiger partial charge in [0.15, 0.2) is 0 Å². The maximum absolute atomic E-state index is 11.9. The molecule has 0 atom stereocenters. The molecule has 1 amide bonds. The summed E-state index contributed by atoms with van der Waals surface area (Å²) in [5.74, 6) is 0.137. The van der Waals surface area contributed by atoms with Gasteiger partial charge in [-0.15, -0.1) is 0 Å². The Morgan fingerprint density at radius 1 is 1.47 bits per heavy atom. The standard InChI is InChI=1S/C12H15NO2/c1-13(10-5-3-6-10)12(15)9-4-2-7-11(14)8-9/h2,4,7-8,10,14H,3,5-6H2,1H3. The summed E-state index contributed by atoms with van der Waals surface area (Å²) in [5, 5.41) is 9.28. The van der Waals surface area contributed by atoms with Crippen molar-refractivity contribution in [3.05, 3.63) is 29.8 Å². The van der Waals surface area contributed by atoms with Gasteiger partial charge in [-0.05, 0) is 37.5 Å². The van der Waals surface area contributed by atoms with Crippen LogP contribution in [0.2, 0.25) is 0 Å². The molecule has 1 aromatic carbocycles. The molecule has 0 bridgehead atoms. The average molecular weight is 205 g/mol. The van der Waals surface area contributed by atoms with Gasteiger partial charge in [0.05, 0.1) is 0 Å². The van der Waals surface area contributed by atoms with Gasteiger partial charge in [-0.1, -0.05) is 6.07 Å². The Labute approximate surface area is 89.3 Å². The summed E-state index contributed by atoms with van der Waals surface area (Å²) in [5.41, 5.74) is 0.560. The van der Waals surface area contributed by atoms with Crippen LogP contribution in [0.15, 0.2) is 24.3 Å². The molecule has 0 heterocycles. The molecule has 2 rings (SSSR count). The molecule has 0 radical (unpaired) electrons. The summed E-state index contributed by atoms with van der Waals surface area (Å²) in [6.07, 6.45) is 3.41. The first-order valence-corrected chi connectivity index (χ1v) is 5.24. The third kappa shape index (κ3) is 1.96. The molecule has 1 aliphatic rings. The van der Waals surface area contributed by atoms with Gasteiger partial charge in [-0.25, -0.2) is 0 Å². The SMILES string of the molecule is CN(C(=O)c1cccc(O)c1)C1CCC1. The molecule has 1 aliphatic carbocycles. The van der Waals surface area contributed by atoms with Gasteiger partial charge in [0, 0.05) is 18.7 Å². The van der Waals surface area contributed by atoms with Crippen LogP contribution >= 0.6 is 0 Å². The zero-order chi connectivity index (χ0) is 10.8. The zero-order valence-electron chi connectivity index (χ0n) is 8.81. The van der Waals surface area contributed by atoms with Gasteiger partial charge in [0.25, 0.3) is 5.91 Å². The molecule has 0 spiro atoms. The van der Waals surface area contributed by atoms with Crippen LogP contribution in [0, 0.1) is 0 Å². The van der Waals surface area contributed by atoms with Crippen molar-refractivity contribution in [3.8, 4) is 5.75 Å². The van der Waals surface area contributed by atoms with Crippen LogP contribution in [-0.2, 0) is 0 Å². The summed E-state index contributed by atoms with van der Waals surface area (Å²) in [4.78, 5) is 13.7. The Kier molecular flexibility index (Phi) is 2.62. The molecule has 15 heavy (non-hydrogen) atoms. The van der Waals surface area contributed by atoms with E-state index >= 15 is 0 Å². The molecule has 1 aromatic rings. The van der Waals surface area contributed by atoms with Crippen molar-refractivity contribution in [1.82, 2.24) is 4.90 Å². The van der Waals surface area contributed by atoms with Crippen molar-refractivity contribution in [2.45, 2.75) is 25.3 Å². The second-order valence-electron chi connectivity index (χ2n) is 4.05. The van der Waals surface area contributed by atoms with Crippen molar-refractivity contribution in [1.29, 1.82) is 0 Å². The van der Waals surface area contributed by atoms with E-state index in [1.165, 1.54) is 12.5 Å². The lowest BCUT2D eigenvalue weighted by atomic mass is 9.91. The quantitative estimate of drug-likeness (QED) is 0.802. The zero-order valence-corrected chi connectivity index (χ0v) is 8.81. The second kappa shape index (κ2) is 3.93. The van der Waals surface area contributed by atoms with E-state index in [9.17, 15) is 9.90 Å². The molecule has 1 N–H and O–H groups in total. The highest BCUT2D eigenvalue weighted by molar-refractivity contribution is 5.94. The monoisotopic (exact) mass is 205 g/mol. The lowest BCUT2D eigenvalue weighted by Crippen LogP contribution is -2.41. The van der Waals surface area contributed by atoms with Crippen LogP contribution in [0.5, 0.6) is 5.75 Å². The van der Waals surface area contributed by atoms with Crippen LogP contribution in [0.1, 0.15) is 29.6 Å². The fourth-order valence-electron chi connectivity index (χ4n) is 1.78. The smallest absolute Gasteiger partial charge is 0.253 e. The minimum Gasteiger partial charge on any atom is -0.508 e. The minimum absolute atomic E-state index is 0.00407. The Morgan fingerprint density at radius 2 is 2.20 bits per heavy atom. The molecule has 1 saturated carbocycles. The molecular formula is C12H15NO2. The molecule has 3 heteroatoms. The van der Waals surface area contributed by atoms with Gasteiger partial charge in [0.1, 0.15) is 5.75 Å². The molecule has 0 aliphatic heterocycles. The Morgan fingerprint density at radius 3 is 2.73 bits per heavy atom. The number of phenolic OH excluding ortho intramolecular Hbond substituents is 1. The number of hydrogen-bond acceptors (Lipinski definition) is 2. The highest BCUT2D eigenvalue weighted by Crippen LogP contribution is 2.25. The Hall–Kier alpha value is -1.51. The normalized spacial score (nSPS) is 15.8. The number of nitrogens with zero attached hydrogens (tertiary/aromatic N) is 1. The minimum atomic E-state index is -0.00407. The third-order valence-electron chi connectivity index (χ3n) is 3.04. The molecule has 1 fully saturated rings. The van der Waals surface area contributed by atoms with Crippen molar-refractivity contribution in [2.75, 3.05) is 7.05 Å². The molecule has 80 valence electrons. The summed E-state index contributed by atoms with van der Waals surface area (Å²) < 4.78 is 0. The number of carbonyl (C=O) groups excluding carboxylic acids is 1. The first-order chi connectivity index (χ1) is 7.18. The van der Waals surface area contributed by atoms with Crippen molar-refractivity contribution in [2.24, 2.45) is 0 Å². The van der Waals surface area contributed by atoms with Gasteiger partial charge in [0.2, 0.25) is 0 Å². The first kappa shape index (κ1) is 10.0. The lowest BCUT2D eigenvalue weighted by molar-refractivity contribution is 0.0651. The van der Waals surface area contributed by atoms with E-state index in [4.69, 9.17) is 0 Å². The molecule has 0 aromatic heterocycles. The van der Waals surface area contributed by atoms with E-state index < -0.39 is 0 Å². The Balaban J connectivity index is 2.12. The van der Waals surface area contributed by atoms with Crippen molar-refractivity contribution in [3.63, 3.8) is 0 Å². The predicted molar refractivity (Wildman–Crippen MR) is 57.8 cm³/mol. The Bertz CT molecular complexity index is 372. The van der Waals surface area contributed by atoms with E-state index in [-0.39, 0.29) is 11.7 Å². The number of phenols is 1. The molecular weight excluding hydrogens is 190 g/mol. The fourth-order valence-corrected chi connectivity index (χ4v) is 1.78. The van der Waals surface area contributed by atoms with Crippen molar-refractivity contribution < 1.29 is 9.90 Å². The van der Waals surface area contributed by atoms with Crippen molar-refractivity contribution >= 4 is 5.91 Å². The number of benzene rings is 1.